The van der Waals surface area contributed by atoms with Crippen LogP contribution in [0.25, 0.3) is 0 Å². The van der Waals surface area contributed by atoms with Gasteiger partial charge in [-0.1, -0.05) is 11.8 Å². The van der Waals surface area contributed by atoms with E-state index in [4.69, 9.17) is 23.7 Å². The number of aromatic carboxylic acids is 1. The molecule has 0 amide bonds. The number of carbonyl (C=O) groups is 2. The Bertz CT molecular complexity index is 1430. The van der Waals surface area contributed by atoms with Gasteiger partial charge in [0.15, 0.2) is 23.0 Å². The second-order valence-electron chi connectivity index (χ2n) is 9.11. The largest absolute Gasteiger partial charge is 0.502 e. The Kier molecular flexibility index (Phi) is 5.94. The number of benzene rings is 2. The molecule has 3 heterocycles. The Morgan fingerprint density at radius 3 is 2.39 bits per heavy atom. The first-order valence-electron chi connectivity index (χ1n) is 11.8. The quantitative estimate of drug-likeness (QED) is 0.442. The number of nitrogens with zero attached hydrogens (tertiary/aromatic N) is 1. The first kappa shape index (κ1) is 24.2. The van der Waals surface area contributed by atoms with Gasteiger partial charge >= 0.3 is 11.9 Å². The summed E-state index contributed by atoms with van der Waals surface area (Å²) < 4.78 is 27.7. The van der Waals surface area contributed by atoms with Gasteiger partial charge in [0.05, 0.1) is 32.3 Å². The third-order valence-corrected chi connectivity index (χ3v) is 8.63. The minimum atomic E-state index is -1.08. The first-order valence-corrected chi connectivity index (χ1v) is 12.7. The zero-order valence-electron chi connectivity index (χ0n) is 20.4. The standard InChI is InChI=1S/C27H23NO9S/c1-33-19-6-12(7-20(34-2)23(19)29)21-14-8-17-18(37-11-36-17)9-15(14)24(16-10-35-27(32)22(16)21)38-25-13(26(30)31)4-3-5-28-25/h3-9,16,21-22,24,29H,10-11H2,1-2H3,(H,30,31)/t16-,21+,22-,24+/m0/s1. The zero-order valence-corrected chi connectivity index (χ0v) is 21.2. The van der Waals surface area contributed by atoms with Gasteiger partial charge in [-0.3, -0.25) is 4.79 Å². The monoisotopic (exact) mass is 537 g/mol. The van der Waals surface area contributed by atoms with Crippen LogP contribution < -0.4 is 18.9 Å². The molecule has 3 aromatic rings. The summed E-state index contributed by atoms with van der Waals surface area (Å²) in [7, 11) is 2.88. The molecule has 3 aliphatic rings. The molecule has 2 aliphatic heterocycles. The van der Waals surface area contributed by atoms with E-state index in [1.54, 1.807) is 24.4 Å². The highest BCUT2D eigenvalue weighted by Gasteiger charge is 2.53. The highest BCUT2D eigenvalue weighted by atomic mass is 32.2. The number of phenols is 1. The third-order valence-electron chi connectivity index (χ3n) is 7.22. The molecule has 0 unspecified atom stereocenters. The molecule has 2 N–H and O–H groups in total. The number of fused-ring (bicyclic) bond motifs is 3. The molecule has 11 heteroatoms. The van der Waals surface area contributed by atoms with Crippen molar-refractivity contribution < 1.29 is 43.5 Å². The fourth-order valence-electron chi connectivity index (χ4n) is 5.52. The molecule has 38 heavy (non-hydrogen) atoms. The summed E-state index contributed by atoms with van der Waals surface area (Å²) in [6, 6.07) is 10.2. The average Bonchev–Trinajstić information content (AvgIpc) is 3.54. The maximum Gasteiger partial charge on any atom is 0.338 e. The molecule has 6 rings (SSSR count). The predicted molar refractivity (Wildman–Crippen MR) is 133 cm³/mol. The molecular weight excluding hydrogens is 514 g/mol. The van der Waals surface area contributed by atoms with Crippen LogP contribution in [0, 0.1) is 11.8 Å². The van der Waals surface area contributed by atoms with E-state index in [0.717, 1.165) is 11.1 Å². The molecule has 0 saturated carbocycles. The van der Waals surface area contributed by atoms with E-state index in [-0.39, 0.29) is 53.3 Å². The third kappa shape index (κ3) is 3.76. The molecular formula is C27H23NO9S. The Morgan fingerprint density at radius 1 is 1.05 bits per heavy atom. The summed E-state index contributed by atoms with van der Waals surface area (Å²) in [5.74, 6) is -1.45. The number of methoxy groups -OCH3 is 2. The first-order chi connectivity index (χ1) is 18.4. The number of aromatic hydroxyl groups is 1. The van der Waals surface area contributed by atoms with Crippen molar-refractivity contribution in [3.05, 3.63) is 64.8 Å². The molecule has 1 aliphatic carbocycles. The lowest BCUT2D eigenvalue weighted by atomic mass is 9.67. The van der Waals surface area contributed by atoms with Gasteiger partial charge in [-0.15, -0.1) is 0 Å². The number of hydrogen-bond acceptors (Lipinski definition) is 10. The number of esters is 1. The van der Waals surface area contributed by atoms with Gasteiger partial charge in [-0.05, 0) is 53.1 Å². The molecule has 0 bridgehead atoms. The fourth-order valence-corrected chi connectivity index (χ4v) is 6.92. The Balaban J connectivity index is 1.56. The Morgan fingerprint density at radius 2 is 1.74 bits per heavy atom. The lowest BCUT2D eigenvalue weighted by Gasteiger charge is -2.39. The van der Waals surface area contributed by atoms with Crippen LogP contribution >= 0.6 is 11.8 Å². The van der Waals surface area contributed by atoms with Gasteiger partial charge in [0.25, 0.3) is 0 Å². The number of pyridine rings is 1. The number of carboxylic acids is 1. The molecule has 0 spiro atoms. The average molecular weight is 538 g/mol. The molecule has 10 nitrogen and oxygen atoms in total. The van der Waals surface area contributed by atoms with Crippen molar-refractivity contribution in [2.45, 2.75) is 16.2 Å². The lowest BCUT2D eigenvalue weighted by molar-refractivity contribution is -0.141. The van der Waals surface area contributed by atoms with E-state index in [2.05, 4.69) is 4.98 Å². The number of rotatable bonds is 6. The van der Waals surface area contributed by atoms with Crippen LogP contribution in [-0.2, 0) is 9.53 Å². The number of phenolic OH excluding ortho intramolecular Hbond substituents is 1. The molecule has 196 valence electrons. The topological polar surface area (TPSA) is 134 Å². The van der Waals surface area contributed by atoms with Crippen molar-refractivity contribution in [3.8, 4) is 28.7 Å². The number of carboxylic acid groups (broad SMARTS) is 1. The minimum absolute atomic E-state index is 0.0693. The maximum atomic E-state index is 13.3. The highest BCUT2D eigenvalue weighted by molar-refractivity contribution is 7.99. The van der Waals surface area contributed by atoms with Crippen molar-refractivity contribution >= 4 is 23.7 Å². The number of aromatic nitrogens is 1. The van der Waals surface area contributed by atoms with Gasteiger partial charge in [0.2, 0.25) is 12.5 Å². The smallest absolute Gasteiger partial charge is 0.338 e. The van der Waals surface area contributed by atoms with Crippen molar-refractivity contribution in [1.82, 2.24) is 4.98 Å². The van der Waals surface area contributed by atoms with E-state index in [1.165, 1.54) is 32.0 Å². The van der Waals surface area contributed by atoms with Gasteiger partial charge in [-0.2, -0.15) is 0 Å². The summed E-state index contributed by atoms with van der Waals surface area (Å²) in [4.78, 5) is 29.5. The Hall–Kier alpha value is -4.12. The van der Waals surface area contributed by atoms with Crippen LogP contribution in [0.1, 0.15) is 38.2 Å². The van der Waals surface area contributed by atoms with Crippen molar-refractivity contribution in [1.29, 1.82) is 0 Å². The maximum absolute atomic E-state index is 13.3. The Labute approximate surface area is 221 Å². The van der Waals surface area contributed by atoms with Gasteiger partial charge in [-0.25, -0.2) is 9.78 Å². The van der Waals surface area contributed by atoms with Gasteiger partial charge in [0.1, 0.15) is 5.03 Å². The molecule has 1 saturated heterocycles. The number of cyclic esters (lactones) is 1. The van der Waals surface area contributed by atoms with E-state index in [0.29, 0.717) is 22.1 Å². The molecule has 0 radical (unpaired) electrons. The van der Waals surface area contributed by atoms with Crippen LogP contribution in [0.3, 0.4) is 0 Å². The van der Waals surface area contributed by atoms with Crippen molar-refractivity contribution in [3.63, 3.8) is 0 Å². The summed E-state index contributed by atoms with van der Waals surface area (Å²) >= 11 is 1.29. The van der Waals surface area contributed by atoms with Crippen molar-refractivity contribution in [2.75, 3.05) is 27.6 Å². The number of carbonyl (C=O) groups excluding carboxylic acids is 1. The van der Waals surface area contributed by atoms with Gasteiger partial charge in [0, 0.05) is 23.3 Å². The van der Waals surface area contributed by atoms with Crippen LogP contribution in [0.4, 0.5) is 0 Å². The van der Waals surface area contributed by atoms with Crippen molar-refractivity contribution in [2.24, 2.45) is 11.8 Å². The van der Waals surface area contributed by atoms with E-state index < -0.39 is 17.8 Å². The number of ether oxygens (including phenoxy) is 5. The van der Waals surface area contributed by atoms with E-state index >= 15 is 0 Å². The second-order valence-corrected chi connectivity index (χ2v) is 10.2. The lowest BCUT2D eigenvalue weighted by Crippen LogP contribution is -2.33. The summed E-state index contributed by atoms with van der Waals surface area (Å²) in [5.41, 5.74) is 2.43. The second kappa shape index (κ2) is 9.32. The number of thioether (sulfide) groups is 1. The normalized spacial score (nSPS) is 22.8. The van der Waals surface area contributed by atoms with E-state index in [9.17, 15) is 19.8 Å². The molecule has 1 aromatic heterocycles. The van der Waals surface area contributed by atoms with E-state index in [1.807, 2.05) is 12.1 Å². The fraction of sp³-hybridized carbons (Fsp3) is 0.296. The zero-order chi connectivity index (χ0) is 26.6. The van der Waals surface area contributed by atoms with Crippen LogP contribution in [-0.4, -0.2) is 54.8 Å². The summed E-state index contributed by atoms with van der Waals surface area (Å²) in [5, 5.41) is 20.2. The highest BCUT2D eigenvalue weighted by Crippen LogP contribution is 2.59. The molecule has 2 aromatic carbocycles. The summed E-state index contributed by atoms with van der Waals surface area (Å²) in [6.07, 6.45) is 1.55. The van der Waals surface area contributed by atoms with Crippen LogP contribution in [0.15, 0.2) is 47.6 Å². The SMILES string of the molecule is COc1cc([C@@H]2c3cc4c(cc3[C@@H](Sc3ncccc3C(=O)O)[C@H]3COC(=O)[C@H]23)OCO4)cc(OC)c1O. The molecule has 1 fully saturated rings. The predicted octanol–water partition coefficient (Wildman–Crippen LogP) is 4.00. The molecule has 4 atom stereocenters. The minimum Gasteiger partial charge on any atom is -0.502 e. The van der Waals surface area contributed by atoms with Crippen LogP contribution in [0.2, 0.25) is 0 Å². The number of hydrogen-bond donors (Lipinski definition) is 2. The van der Waals surface area contributed by atoms with Gasteiger partial charge < -0.3 is 33.9 Å². The van der Waals surface area contributed by atoms with Crippen LogP contribution in [0.5, 0.6) is 28.7 Å². The summed E-state index contributed by atoms with van der Waals surface area (Å²) in [6.45, 7) is 0.229.